The average Bonchev–Trinajstić information content (AvgIpc) is 3.50. The molecule has 38 heavy (non-hydrogen) atoms. The van der Waals surface area contributed by atoms with Crippen molar-refractivity contribution in [2.45, 2.75) is 25.7 Å². The van der Waals surface area contributed by atoms with Crippen LogP contribution in [0.3, 0.4) is 0 Å². The van der Waals surface area contributed by atoms with Crippen molar-refractivity contribution < 1.29 is 9.47 Å². The highest BCUT2D eigenvalue weighted by Gasteiger charge is 2.21. The minimum absolute atomic E-state index is 0.314. The van der Waals surface area contributed by atoms with Crippen LogP contribution in [0.25, 0.3) is 22.4 Å². The van der Waals surface area contributed by atoms with E-state index in [0.717, 1.165) is 60.7 Å². The van der Waals surface area contributed by atoms with Gasteiger partial charge in [0.15, 0.2) is 0 Å². The van der Waals surface area contributed by atoms with Crippen molar-refractivity contribution in [3.05, 3.63) is 36.9 Å². The Bertz CT molecular complexity index is 1370. The van der Waals surface area contributed by atoms with Crippen LogP contribution in [-0.4, -0.2) is 91.7 Å². The van der Waals surface area contributed by atoms with Gasteiger partial charge in [-0.25, -0.2) is 29.7 Å². The number of fused-ring (bicyclic) bond motifs is 1. The normalized spacial score (nSPS) is 15.3. The molecule has 1 fully saturated rings. The molecule has 4 aromatic rings. The van der Waals surface area contributed by atoms with Gasteiger partial charge >= 0.3 is 0 Å². The number of hydrogen-bond acceptors (Lipinski definition) is 9. The average molecular weight is 540 g/mol. The summed E-state index contributed by atoms with van der Waals surface area (Å²) >= 11 is 0. The van der Waals surface area contributed by atoms with E-state index in [-0.39, 0.29) is 0 Å². The number of methoxy groups -OCH3 is 1. The van der Waals surface area contributed by atoms with Gasteiger partial charge in [-0.1, -0.05) is 0 Å². The van der Waals surface area contributed by atoms with Gasteiger partial charge in [-0.2, -0.15) is 10.1 Å². The van der Waals surface area contributed by atoms with Crippen LogP contribution >= 0.6 is 10.0 Å². The number of nitrogens with zero attached hydrogens (tertiary/aromatic N) is 8. The van der Waals surface area contributed by atoms with Crippen molar-refractivity contribution >= 4 is 38.6 Å². The maximum atomic E-state index is 5.82. The highest BCUT2D eigenvalue weighted by Crippen LogP contribution is 2.33. The molecule has 5 rings (SSSR count). The first-order chi connectivity index (χ1) is 18.3. The number of piperidine rings is 1. The van der Waals surface area contributed by atoms with E-state index in [1.165, 1.54) is 0 Å². The maximum absolute atomic E-state index is 5.82. The van der Waals surface area contributed by atoms with Crippen molar-refractivity contribution in [3.63, 3.8) is 0 Å². The molecule has 1 aliphatic rings. The molecule has 0 aromatic carbocycles. The molecule has 0 atom stereocenters. The van der Waals surface area contributed by atoms with E-state index in [2.05, 4.69) is 48.6 Å². The molecule has 0 radical (unpaired) electrons. The topological polar surface area (TPSA) is 108 Å². The summed E-state index contributed by atoms with van der Waals surface area (Å²) in [4.78, 5) is 20.8. The van der Waals surface area contributed by atoms with E-state index in [4.69, 9.17) is 19.4 Å². The maximum Gasteiger partial charge on any atom is 0.227 e. The number of nitrogens with one attached hydrogen (secondary N) is 1. The largest absolute Gasteiger partial charge is 0.381 e. The summed E-state index contributed by atoms with van der Waals surface area (Å²) in [6.07, 6.45) is 16.5. The van der Waals surface area contributed by atoms with Crippen LogP contribution in [0.1, 0.15) is 12.8 Å². The molecule has 1 N–H and O–H groups in total. The third-order valence-corrected chi connectivity index (χ3v) is 8.07. The van der Waals surface area contributed by atoms with Crippen LogP contribution in [0.15, 0.2) is 36.9 Å². The summed E-state index contributed by atoms with van der Waals surface area (Å²) in [5.41, 5.74) is 2.71. The first kappa shape index (κ1) is 26.4. The zero-order valence-electron chi connectivity index (χ0n) is 22.8. The Balaban J connectivity index is 1.27. The van der Waals surface area contributed by atoms with E-state index in [0.29, 0.717) is 30.4 Å². The first-order valence-electron chi connectivity index (χ1n) is 12.8. The van der Waals surface area contributed by atoms with Crippen molar-refractivity contribution in [2.75, 3.05) is 61.5 Å². The Morgan fingerprint density at radius 1 is 1.08 bits per heavy atom. The van der Waals surface area contributed by atoms with E-state index in [1.807, 2.05) is 36.3 Å². The molecule has 0 spiro atoms. The second kappa shape index (κ2) is 11.3. The van der Waals surface area contributed by atoms with Crippen LogP contribution in [0.5, 0.6) is 0 Å². The number of aryl methyl sites for hydroxylation is 1. The second-order valence-electron chi connectivity index (χ2n) is 10.4. The Morgan fingerprint density at radius 2 is 1.89 bits per heavy atom. The van der Waals surface area contributed by atoms with Crippen LogP contribution in [-0.2, 0) is 23.3 Å². The summed E-state index contributed by atoms with van der Waals surface area (Å²) in [5, 5.41) is 7.79. The highest BCUT2D eigenvalue weighted by molar-refractivity contribution is 8.32. The number of aromatic nitrogens is 7. The van der Waals surface area contributed by atoms with Gasteiger partial charge in [0.25, 0.3) is 0 Å². The lowest BCUT2D eigenvalue weighted by Gasteiger charge is -2.31. The number of ether oxygens (including phenoxy) is 2. The lowest BCUT2D eigenvalue weighted by molar-refractivity contribution is 0.0809. The summed E-state index contributed by atoms with van der Waals surface area (Å²) in [5.74, 6) is 4.02. The quantitative estimate of drug-likeness (QED) is 0.302. The summed E-state index contributed by atoms with van der Waals surface area (Å²) in [6, 6.07) is 3.84. The smallest absolute Gasteiger partial charge is 0.227 e. The fraction of sp³-hybridized carbons (Fsp3) is 0.500. The fourth-order valence-electron chi connectivity index (χ4n) is 4.43. The van der Waals surface area contributed by atoms with E-state index < -0.39 is 10.0 Å². The molecule has 4 aromatic heterocycles. The standard InChI is InChI=1S/C26H37N9O2S/c1-33-22-14-24(31-23-6-9-27-26(32-23)34-10-7-20(36-2)8-11-34)28-16-21(22)30-25(33)19-15-29-35(17-19)18-37-12-13-38(3,4)5/h6,9,14-17,20H,7-8,10-13,18H2,1-5H3,(H,27,28,31,32). The zero-order chi connectivity index (χ0) is 26.7. The molecule has 11 nitrogen and oxygen atoms in total. The molecule has 0 unspecified atom stereocenters. The first-order valence-corrected chi connectivity index (χ1v) is 15.8. The van der Waals surface area contributed by atoms with E-state index in [9.17, 15) is 0 Å². The van der Waals surface area contributed by atoms with Crippen LogP contribution in [0.4, 0.5) is 17.6 Å². The van der Waals surface area contributed by atoms with Gasteiger partial charge in [0.1, 0.15) is 29.7 Å². The third-order valence-electron chi connectivity index (χ3n) is 6.68. The number of imidazole rings is 1. The van der Waals surface area contributed by atoms with Gasteiger partial charge in [-0.3, -0.25) is 0 Å². The van der Waals surface area contributed by atoms with Gasteiger partial charge in [0.2, 0.25) is 5.95 Å². The van der Waals surface area contributed by atoms with Crippen LogP contribution < -0.4 is 10.2 Å². The predicted molar refractivity (Wildman–Crippen MR) is 153 cm³/mol. The fourth-order valence-corrected chi connectivity index (χ4v) is 5.05. The Morgan fingerprint density at radius 3 is 2.66 bits per heavy atom. The van der Waals surface area contributed by atoms with E-state index in [1.54, 1.807) is 19.5 Å². The highest BCUT2D eigenvalue weighted by atomic mass is 32.3. The Hall–Kier alpha value is -3.22. The number of hydrogen-bond donors (Lipinski definition) is 1. The van der Waals surface area contributed by atoms with Gasteiger partial charge in [-0.05, 0) is 37.7 Å². The van der Waals surface area contributed by atoms with E-state index >= 15 is 0 Å². The van der Waals surface area contributed by atoms with Gasteiger partial charge in [-0.15, -0.1) is 0 Å². The molecule has 0 saturated carbocycles. The molecule has 204 valence electrons. The van der Waals surface area contributed by atoms with Crippen molar-refractivity contribution in [1.29, 1.82) is 0 Å². The molecule has 0 bridgehead atoms. The predicted octanol–water partition coefficient (Wildman–Crippen LogP) is 3.65. The lowest BCUT2D eigenvalue weighted by atomic mass is 10.1. The second-order valence-corrected chi connectivity index (χ2v) is 15.0. The van der Waals surface area contributed by atoms with Gasteiger partial charge in [0.05, 0.1) is 36.2 Å². The summed E-state index contributed by atoms with van der Waals surface area (Å²) in [6.45, 7) is 2.93. The molecule has 12 heteroatoms. The van der Waals surface area contributed by atoms with Crippen molar-refractivity contribution in [2.24, 2.45) is 7.05 Å². The van der Waals surface area contributed by atoms with Crippen molar-refractivity contribution in [1.82, 2.24) is 34.3 Å². The Kier molecular flexibility index (Phi) is 7.82. The molecular formula is C26H37N9O2S. The zero-order valence-corrected chi connectivity index (χ0v) is 23.6. The minimum atomic E-state index is -0.563. The molecule has 0 amide bonds. The minimum Gasteiger partial charge on any atom is -0.381 e. The Labute approximate surface area is 224 Å². The van der Waals surface area contributed by atoms with Crippen molar-refractivity contribution in [3.8, 4) is 11.4 Å². The number of rotatable bonds is 10. The monoisotopic (exact) mass is 539 g/mol. The molecule has 1 saturated heterocycles. The van der Waals surface area contributed by atoms with Gasteiger partial charge in [0, 0.05) is 51.5 Å². The van der Waals surface area contributed by atoms with Crippen LogP contribution in [0, 0.1) is 0 Å². The lowest BCUT2D eigenvalue weighted by Crippen LogP contribution is -2.37. The molecule has 5 heterocycles. The number of pyridine rings is 1. The molecular weight excluding hydrogens is 502 g/mol. The van der Waals surface area contributed by atoms with Crippen LogP contribution in [0.2, 0.25) is 0 Å². The summed E-state index contributed by atoms with van der Waals surface area (Å²) in [7, 11) is 3.21. The molecule has 1 aliphatic heterocycles. The third kappa shape index (κ3) is 6.25. The number of anilines is 3. The molecule has 0 aliphatic carbocycles. The summed E-state index contributed by atoms with van der Waals surface area (Å²) < 4.78 is 15.2. The SMILES string of the molecule is COC1CCN(c2nccc(Nc3cc4c(cn3)nc(-c3cnn(COCCS(C)(C)C)c3)n4C)n2)CC1. The van der Waals surface area contributed by atoms with Gasteiger partial charge < -0.3 is 24.3 Å².